The summed E-state index contributed by atoms with van der Waals surface area (Å²) in [6.07, 6.45) is 0.669. The van der Waals surface area contributed by atoms with E-state index in [2.05, 4.69) is 5.32 Å². The number of fused-ring (bicyclic) bond motifs is 2. The zero-order valence-corrected chi connectivity index (χ0v) is 16.1. The molecular formula is C20H25N3O5. The van der Waals surface area contributed by atoms with Crippen molar-refractivity contribution in [2.75, 3.05) is 6.54 Å². The topological polar surface area (TPSA) is 107 Å². The lowest BCUT2D eigenvalue weighted by atomic mass is 9.95. The Hall–Kier alpha value is -2.90. The summed E-state index contributed by atoms with van der Waals surface area (Å²) in [5.41, 5.74) is 2.08. The smallest absolute Gasteiger partial charge is 0.327 e. The second-order valence-corrected chi connectivity index (χ2v) is 7.73. The number of imide groups is 1. The molecule has 1 aromatic rings. The molecule has 2 aliphatic heterocycles. The van der Waals surface area contributed by atoms with Gasteiger partial charge < -0.3 is 15.3 Å². The third kappa shape index (κ3) is 4.00. The predicted molar refractivity (Wildman–Crippen MR) is 100 cm³/mol. The molecule has 4 amide bonds. The maximum absolute atomic E-state index is 12.7. The van der Waals surface area contributed by atoms with Gasteiger partial charge in [0.15, 0.2) is 0 Å². The van der Waals surface area contributed by atoms with Crippen LogP contribution in [0.5, 0.6) is 0 Å². The molecule has 8 heteroatoms. The summed E-state index contributed by atoms with van der Waals surface area (Å²) in [5.74, 6) is -1.77. The summed E-state index contributed by atoms with van der Waals surface area (Å²) >= 11 is 0. The first kappa shape index (κ1) is 19.9. The van der Waals surface area contributed by atoms with Crippen LogP contribution in [0.4, 0.5) is 4.79 Å². The Labute approximate surface area is 163 Å². The van der Waals surface area contributed by atoms with Gasteiger partial charge >= 0.3 is 12.0 Å². The number of hydrogen-bond donors (Lipinski definition) is 2. The molecule has 1 saturated heterocycles. The van der Waals surface area contributed by atoms with Crippen molar-refractivity contribution in [3.63, 3.8) is 0 Å². The lowest BCUT2D eigenvalue weighted by molar-refractivity contribution is -0.142. The molecule has 3 rings (SSSR count). The minimum atomic E-state index is -1.09. The van der Waals surface area contributed by atoms with Gasteiger partial charge in [-0.25, -0.2) is 9.59 Å². The van der Waals surface area contributed by atoms with Gasteiger partial charge in [-0.05, 0) is 23.5 Å². The zero-order valence-electron chi connectivity index (χ0n) is 16.1. The van der Waals surface area contributed by atoms with Crippen LogP contribution in [0.25, 0.3) is 0 Å². The van der Waals surface area contributed by atoms with Crippen molar-refractivity contribution in [2.24, 2.45) is 5.92 Å². The molecule has 2 N–H and O–H groups in total. The number of nitrogens with zero attached hydrogens (tertiary/aromatic N) is 2. The fraction of sp³-hybridized carbons (Fsp3) is 0.500. The van der Waals surface area contributed by atoms with Crippen LogP contribution in [-0.4, -0.2) is 57.3 Å². The number of carbonyl (C=O) groups is 4. The van der Waals surface area contributed by atoms with Gasteiger partial charge in [0.25, 0.3) is 5.91 Å². The van der Waals surface area contributed by atoms with E-state index in [1.807, 2.05) is 38.1 Å². The average Bonchev–Trinajstić information content (AvgIpc) is 2.87. The quantitative estimate of drug-likeness (QED) is 0.688. The third-order valence-corrected chi connectivity index (χ3v) is 5.18. The molecule has 2 heterocycles. The maximum atomic E-state index is 12.7. The molecule has 0 radical (unpaired) electrons. The summed E-state index contributed by atoms with van der Waals surface area (Å²) in [6, 6.07) is 5.82. The molecule has 1 aromatic carbocycles. The Morgan fingerprint density at radius 3 is 2.54 bits per heavy atom. The van der Waals surface area contributed by atoms with Crippen molar-refractivity contribution in [1.82, 2.24) is 15.1 Å². The highest BCUT2D eigenvalue weighted by Crippen LogP contribution is 2.29. The van der Waals surface area contributed by atoms with Crippen molar-refractivity contribution in [3.05, 3.63) is 35.4 Å². The minimum Gasteiger partial charge on any atom is -0.480 e. The number of benzene rings is 1. The van der Waals surface area contributed by atoms with Crippen LogP contribution < -0.4 is 5.32 Å². The van der Waals surface area contributed by atoms with Crippen molar-refractivity contribution in [2.45, 2.75) is 51.7 Å². The summed E-state index contributed by atoms with van der Waals surface area (Å²) in [5, 5.41) is 11.7. The molecule has 2 atom stereocenters. The highest BCUT2D eigenvalue weighted by Gasteiger charge is 2.46. The average molecular weight is 387 g/mol. The normalized spacial score (nSPS) is 19.5. The molecule has 0 aromatic heterocycles. The van der Waals surface area contributed by atoms with Crippen LogP contribution in [0, 0.1) is 5.92 Å². The number of carboxylic acids is 1. The highest BCUT2D eigenvalue weighted by molar-refractivity contribution is 6.05. The number of carboxylic acid groups (broad SMARTS) is 1. The number of amides is 4. The Morgan fingerprint density at radius 1 is 1.21 bits per heavy atom. The predicted octanol–water partition coefficient (Wildman–Crippen LogP) is 1.38. The fourth-order valence-electron chi connectivity index (χ4n) is 3.75. The first-order valence-electron chi connectivity index (χ1n) is 9.49. The highest BCUT2D eigenvalue weighted by atomic mass is 16.4. The summed E-state index contributed by atoms with van der Waals surface area (Å²) < 4.78 is 0. The van der Waals surface area contributed by atoms with E-state index in [9.17, 15) is 24.3 Å². The van der Waals surface area contributed by atoms with Crippen LogP contribution in [0.2, 0.25) is 0 Å². The van der Waals surface area contributed by atoms with Crippen molar-refractivity contribution >= 4 is 23.8 Å². The van der Waals surface area contributed by atoms with Gasteiger partial charge in [-0.15, -0.1) is 0 Å². The number of rotatable bonds is 7. The monoisotopic (exact) mass is 387 g/mol. The Bertz CT molecular complexity index is 764. The van der Waals surface area contributed by atoms with Crippen molar-refractivity contribution in [3.8, 4) is 0 Å². The van der Waals surface area contributed by atoms with E-state index in [0.717, 1.165) is 16.0 Å². The summed E-state index contributed by atoms with van der Waals surface area (Å²) in [6.45, 7) is 4.07. The van der Waals surface area contributed by atoms with Crippen molar-refractivity contribution in [1.29, 1.82) is 0 Å². The maximum Gasteiger partial charge on any atom is 0.327 e. The van der Waals surface area contributed by atoms with Gasteiger partial charge in [0.2, 0.25) is 5.91 Å². The van der Waals surface area contributed by atoms with E-state index in [1.54, 1.807) is 4.90 Å². The summed E-state index contributed by atoms with van der Waals surface area (Å²) in [7, 11) is 0. The van der Waals surface area contributed by atoms with E-state index in [0.29, 0.717) is 19.4 Å². The number of hydrogen-bond acceptors (Lipinski definition) is 4. The van der Waals surface area contributed by atoms with E-state index in [-0.39, 0.29) is 24.8 Å². The Kier molecular flexibility index (Phi) is 5.67. The first-order chi connectivity index (χ1) is 13.3. The Balaban J connectivity index is 1.60. The molecule has 28 heavy (non-hydrogen) atoms. The number of carbonyl (C=O) groups excluding carboxylic acids is 3. The molecular weight excluding hydrogens is 362 g/mol. The second kappa shape index (κ2) is 8.00. The molecule has 1 fully saturated rings. The van der Waals surface area contributed by atoms with Gasteiger partial charge in [0.05, 0.1) is 0 Å². The van der Waals surface area contributed by atoms with E-state index in [1.165, 1.54) is 0 Å². The SMILES string of the molecule is CC(C)C[C@H](NC(=O)CCN1C(=O)[C@H]2Cc3ccccc3CN2C1=O)C(=O)O. The Morgan fingerprint density at radius 2 is 1.89 bits per heavy atom. The number of urea groups is 1. The number of nitrogens with one attached hydrogen (secondary N) is 1. The molecule has 0 aliphatic carbocycles. The lowest BCUT2D eigenvalue weighted by Gasteiger charge is -2.28. The van der Waals surface area contributed by atoms with Crippen molar-refractivity contribution < 1.29 is 24.3 Å². The number of aliphatic carboxylic acids is 1. The molecule has 0 spiro atoms. The standard InChI is InChI=1S/C20H25N3O5/c1-12(2)9-15(19(26)27)21-17(24)7-8-22-18(25)16-10-13-5-3-4-6-14(13)11-23(16)20(22)28/h3-6,12,15-16H,7-11H2,1-2H3,(H,21,24)(H,26,27)/t15-,16+/m0/s1. The van der Waals surface area contributed by atoms with E-state index < -0.39 is 30.0 Å². The zero-order chi connectivity index (χ0) is 20.4. The molecule has 0 saturated carbocycles. The van der Waals surface area contributed by atoms with Gasteiger partial charge in [0.1, 0.15) is 12.1 Å². The molecule has 8 nitrogen and oxygen atoms in total. The van der Waals surface area contributed by atoms with Crippen LogP contribution in [0.1, 0.15) is 37.8 Å². The minimum absolute atomic E-state index is 0.0547. The fourth-order valence-corrected chi connectivity index (χ4v) is 3.75. The largest absolute Gasteiger partial charge is 0.480 e. The lowest BCUT2D eigenvalue weighted by Crippen LogP contribution is -2.43. The van der Waals surface area contributed by atoms with Crippen LogP contribution >= 0.6 is 0 Å². The van der Waals surface area contributed by atoms with Gasteiger partial charge in [0, 0.05) is 25.9 Å². The van der Waals surface area contributed by atoms with Gasteiger partial charge in [-0.1, -0.05) is 38.1 Å². The van der Waals surface area contributed by atoms with E-state index >= 15 is 0 Å². The third-order valence-electron chi connectivity index (χ3n) is 5.18. The van der Waals surface area contributed by atoms with Gasteiger partial charge in [-0.3, -0.25) is 14.5 Å². The second-order valence-electron chi connectivity index (χ2n) is 7.73. The molecule has 150 valence electrons. The van der Waals surface area contributed by atoms with Crippen LogP contribution in [0.15, 0.2) is 24.3 Å². The van der Waals surface area contributed by atoms with E-state index in [4.69, 9.17) is 0 Å². The van der Waals surface area contributed by atoms with Crippen LogP contribution in [0.3, 0.4) is 0 Å². The molecule has 0 unspecified atom stereocenters. The molecule has 2 aliphatic rings. The molecule has 0 bridgehead atoms. The first-order valence-corrected chi connectivity index (χ1v) is 9.49. The van der Waals surface area contributed by atoms with Crippen LogP contribution in [-0.2, 0) is 27.3 Å². The van der Waals surface area contributed by atoms with Gasteiger partial charge in [-0.2, -0.15) is 0 Å². The summed E-state index contributed by atoms with van der Waals surface area (Å²) in [4.78, 5) is 51.4.